The monoisotopic (exact) mass is 240 g/mol. The zero-order valence-corrected chi connectivity index (χ0v) is 10.7. The topological polar surface area (TPSA) is 20.2 Å². The third-order valence-corrected chi connectivity index (χ3v) is 4.18. The van der Waals surface area contributed by atoms with E-state index in [2.05, 4.69) is 42.5 Å². The molecule has 0 heterocycles. The summed E-state index contributed by atoms with van der Waals surface area (Å²) in [7, 11) is 0. The first kappa shape index (κ1) is 11.7. The van der Waals surface area contributed by atoms with E-state index in [0.29, 0.717) is 0 Å². The minimum Gasteiger partial charge on any atom is -0.390 e. The van der Waals surface area contributed by atoms with Crippen molar-refractivity contribution in [3.05, 3.63) is 48.0 Å². The number of aliphatic hydroxyl groups is 1. The maximum absolute atomic E-state index is 10.7. The molecule has 1 saturated carbocycles. The zero-order valence-electron chi connectivity index (χ0n) is 10.7. The van der Waals surface area contributed by atoms with Crippen LogP contribution in [0.5, 0.6) is 0 Å². The molecule has 94 valence electrons. The highest BCUT2D eigenvalue weighted by molar-refractivity contribution is 5.85. The van der Waals surface area contributed by atoms with Gasteiger partial charge in [-0.25, -0.2) is 0 Å². The first-order chi connectivity index (χ1) is 8.77. The van der Waals surface area contributed by atoms with Gasteiger partial charge in [-0.05, 0) is 29.2 Å². The van der Waals surface area contributed by atoms with Crippen LogP contribution in [0.2, 0.25) is 0 Å². The van der Waals surface area contributed by atoms with Gasteiger partial charge in [0.15, 0.2) is 0 Å². The highest BCUT2D eigenvalue weighted by atomic mass is 16.3. The Morgan fingerprint density at radius 2 is 1.61 bits per heavy atom. The molecule has 1 N–H and O–H groups in total. The van der Waals surface area contributed by atoms with Crippen molar-refractivity contribution in [3.63, 3.8) is 0 Å². The Bertz CT molecular complexity index is 533. The van der Waals surface area contributed by atoms with Crippen molar-refractivity contribution in [1.29, 1.82) is 0 Å². The second-order valence-electron chi connectivity index (χ2n) is 5.60. The molecule has 0 spiro atoms. The standard InChI is InChI=1S/C17H20O/c18-17(11-4-1-5-12-17)13-15-9-6-8-14-7-2-3-10-16(14)15/h2-3,6-10,18H,1,4-5,11-13H2. The Labute approximate surface area is 108 Å². The molecule has 1 aliphatic carbocycles. The van der Waals surface area contributed by atoms with Crippen LogP contribution in [0.25, 0.3) is 10.8 Å². The van der Waals surface area contributed by atoms with E-state index in [1.165, 1.54) is 35.6 Å². The minimum absolute atomic E-state index is 0.470. The van der Waals surface area contributed by atoms with Crippen LogP contribution in [0.4, 0.5) is 0 Å². The van der Waals surface area contributed by atoms with E-state index in [9.17, 15) is 5.11 Å². The predicted molar refractivity (Wildman–Crippen MR) is 75.7 cm³/mol. The Hall–Kier alpha value is -1.34. The summed E-state index contributed by atoms with van der Waals surface area (Å²) in [6, 6.07) is 14.9. The summed E-state index contributed by atoms with van der Waals surface area (Å²) >= 11 is 0. The summed E-state index contributed by atoms with van der Waals surface area (Å²) in [5, 5.41) is 13.2. The maximum Gasteiger partial charge on any atom is 0.0688 e. The summed E-state index contributed by atoms with van der Waals surface area (Å²) in [5.41, 5.74) is 0.819. The van der Waals surface area contributed by atoms with Gasteiger partial charge in [-0.1, -0.05) is 61.7 Å². The normalized spacial score (nSPS) is 18.9. The van der Waals surface area contributed by atoms with Crippen molar-refractivity contribution >= 4 is 10.8 Å². The number of hydrogen-bond donors (Lipinski definition) is 1. The van der Waals surface area contributed by atoms with Crippen molar-refractivity contribution in [2.45, 2.75) is 44.1 Å². The molecule has 0 saturated heterocycles. The lowest BCUT2D eigenvalue weighted by Gasteiger charge is -2.32. The van der Waals surface area contributed by atoms with Crippen LogP contribution in [0, 0.1) is 0 Å². The molecule has 0 radical (unpaired) electrons. The van der Waals surface area contributed by atoms with Crippen molar-refractivity contribution in [2.24, 2.45) is 0 Å². The minimum atomic E-state index is -0.470. The summed E-state index contributed by atoms with van der Waals surface area (Å²) < 4.78 is 0. The fourth-order valence-electron chi connectivity index (χ4n) is 3.19. The second-order valence-corrected chi connectivity index (χ2v) is 5.60. The molecule has 0 aliphatic heterocycles. The average molecular weight is 240 g/mol. The lowest BCUT2D eigenvalue weighted by molar-refractivity contribution is 0.00477. The smallest absolute Gasteiger partial charge is 0.0688 e. The molecular weight excluding hydrogens is 220 g/mol. The molecule has 18 heavy (non-hydrogen) atoms. The van der Waals surface area contributed by atoms with E-state index >= 15 is 0 Å². The quantitative estimate of drug-likeness (QED) is 0.838. The lowest BCUT2D eigenvalue weighted by Crippen LogP contribution is -2.33. The van der Waals surface area contributed by atoms with Crippen LogP contribution in [0.1, 0.15) is 37.7 Å². The van der Waals surface area contributed by atoms with Crippen LogP contribution in [-0.2, 0) is 6.42 Å². The first-order valence-corrected chi connectivity index (χ1v) is 6.96. The molecule has 0 unspecified atom stereocenters. The highest BCUT2D eigenvalue weighted by Crippen LogP contribution is 2.33. The van der Waals surface area contributed by atoms with Gasteiger partial charge in [0, 0.05) is 6.42 Å². The molecule has 1 aliphatic rings. The van der Waals surface area contributed by atoms with Crippen molar-refractivity contribution in [3.8, 4) is 0 Å². The van der Waals surface area contributed by atoms with Gasteiger partial charge in [-0.2, -0.15) is 0 Å². The van der Waals surface area contributed by atoms with Gasteiger partial charge in [0.2, 0.25) is 0 Å². The number of hydrogen-bond acceptors (Lipinski definition) is 1. The van der Waals surface area contributed by atoms with E-state index in [0.717, 1.165) is 19.3 Å². The average Bonchev–Trinajstić information content (AvgIpc) is 2.40. The highest BCUT2D eigenvalue weighted by Gasteiger charge is 2.29. The Morgan fingerprint density at radius 1 is 0.889 bits per heavy atom. The third kappa shape index (κ3) is 2.28. The number of fused-ring (bicyclic) bond motifs is 1. The molecule has 2 aromatic carbocycles. The van der Waals surface area contributed by atoms with Gasteiger partial charge in [0.1, 0.15) is 0 Å². The van der Waals surface area contributed by atoms with Gasteiger partial charge in [-0.15, -0.1) is 0 Å². The van der Waals surface area contributed by atoms with Crippen molar-refractivity contribution in [1.82, 2.24) is 0 Å². The molecule has 1 nitrogen and oxygen atoms in total. The van der Waals surface area contributed by atoms with E-state index in [1.807, 2.05) is 0 Å². The molecule has 0 bridgehead atoms. The zero-order chi connectivity index (χ0) is 12.4. The van der Waals surface area contributed by atoms with Crippen LogP contribution in [0.15, 0.2) is 42.5 Å². The number of rotatable bonds is 2. The van der Waals surface area contributed by atoms with Crippen LogP contribution in [-0.4, -0.2) is 10.7 Å². The molecular formula is C17H20O. The largest absolute Gasteiger partial charge is 0.390 e. The summed E-state index contributed by atoms with van der Waals surface area (Å²) in [5.74, 6) is 0. The van der Waals surface area contributed by atoms with Crippen molar-refractivity contribution in [2.75, 3.05) is 0 Å². The second kappa shape index (κ2) is 4.74. The Balaban J connectivity index is 1.94. The SMILES string of the molecule is OC1(Cc2cccc3ccccc23)CCCCC1. The third-order valence-electron chi connectivity index (χ3n) is 4.18. The molecule has 3 rings (SSSR count). The summed E-state index contributed by atoms with van der Waals surface area (Å²) in [4.78, 5) is 0. The Morgan fingerprint density at radius 3 is 2.44 bits per heavy atom. The van der Waals surface area contributed by atoms with Crippen molar-refractivity contribution < 1.29 is 5.11 Å². The van der Waals surface area contributed by atoms with Gasteiger partial charge >= 0.3 is 0 Å². The van der Waals surface area contributed by atoms with Gasteiger partial charge in [0.05, 0.1) is 5.60 Å². The number of benzene rings is 2. The fraction of sp³-hybridized carbons (Fsp3) is 0.412. The predicted octanol–water partition coefficient (Wildman–Crippen LogP) is 4.08. The van der Waals surface area contributed by atoms with Crippen LogP contribution < -0.4 is 0 Å². The van der Waals surface area contributed by atoms with E-state index in [-0.39, 0.29) is 0 Å². The Kier molecular flexibility index (Phi) is 3.09. The van der Waals surface area contributed by atoms with Crippen LogP contribution >= 0.6 is 0 Å². The molecule has 1 fully saturated rings. The van der Waals surface area contributed by atoms with Gasteiger partial charge in [-0.3, -0.25) is 0 Å². The summed E-state index contributed by atoms with van der Waals surface area (Å²) in [6.45, 7) is 0. The van der Waals surface area contributed by atoms with Gasteiger partial charge < -0.3 is 5.11 Å². The van der Waals surface area contributed by atoms with E-state index in [4.69, 9.17) is 0 Å². The first-order valence-electron chi connectivity index (χ1n) is 6.96. The molecule has 2 aromatic rings. The molecule has 0 aromatic heterocycles. The van der Waals surface area contributed by atoms with E-state index in [1.54, 1.807) is 0 Å². The maximum atomic E-state index is 10.7. The van der Waals surface area contributed by atoms with Gasteiger partial charge in [0.25, 0.3) is 0 Å². The molecule has 1 heteroatoms. The summed E-state index contributed by atoms with van der Waals surface area (Å²) in [6.07, 6.45) is 6.32. The lowest BCUT2D eigenvalue weighted by atomic mass is 9.80. The fourth-order valence-corrected chi connectivity index (χ4v) is 3.19. The van der Waals surface area contributed by atoms with Crippen LogP contribution in [0.3, 0.4) is 0 Å². The molecule has 0 atom stereocenters. The molecule has 0 amide bonds. The van der Waals surface area contributed by atoms with E-state index < -0.39 is 5.60 Å².